The fourth-order valence-corrected chi connectivity index (χ4v) is 3.15. The van der Waals surface area contributed by atoms with Gasteiger partial charge in [-0.1, -0.05) is 30.3 Å². The zero-order chi connectivity index (χ0) is 16.2. The van der Waals surface area contributed by atoms with Crippen molar-refractivity contribution in [2.45, 2.75) is 18.9 Å². The molecule has 7 heteroatoms. The van der Waals surface area contributed by atoms with Crippen molar-refractivity contribution in [1.29, 1.82) is 0 Å². The molecule has 3 aromatic rings. The third-order valence-electron chi connectivity index (χ3n) is 4.37. The van der Waals surface area contributed by atoms with Crippen LogP contribution in [-0.4, -0.2) is 23.1 Å². The number of hydrogen-bond acceptors (Lipinski definition) is 5. The minimum absolute atomic E-state index is 0. The molecule has 26 heavy (non-hydrogen) atoms. The second-order valence-electron chi connectivity index (χ2n) is 5.90. The van der Waals surface area contributed by atoms with Crippen LogP contribution < -0.4 is 10.6 Å². The number of aromatic nitrogens is 2. The summed E-state index contributed by atoms with van der Waals surface area (Å²) in [5.74, 6) is 1.77. The molecule has 4 rings (SSSR count). The lowest BCUT2D eigenvalue weighted by Crippen LogP contribution is -2.17. The molecule has 1 aliphatic heterocycles. The summed E-state index contributed by atoms with van der Waals surface area (Å²) in [6.45, 7) is 1.91. The largest absolute Gasteiger partial charge is 0.467 e. The Balaban J connectivity index is 0.00000121. The predicted molar refractivity (Wildman–Crippen MR) is 107 cm³/mol. The van der Waals surface area contributed by atoms with E-state index in [0.717, 1.165) is 48.8 Å². The third kappa shape index (κ3) is 4.36. The van der Waals surface area contributed by atoms with Gasteiger partial charge in [0.2, 0.25) is 0 Å². The van der Waals surface area contributed by atoms with Gasteiger partial charge >= 0.3 is 0 Å². The minimum Gasteiger partial charge on any atom is -0.467 e. The van der Waals surface area contributed by atoms with Gasteiger partial charge in [-0.15, -0.1) is 24.8 Å². The topological polar surface area (TPSA) is 63.0 Å². The van der Waals surface area contributed by atoms with Gasteiger partial charge < -0.3 is 15.1 Å². The van der Waals surface area contributed by atoms with Crippen molar-refractivity contribution < 1.29 is 4.42 Å². The number of rotatable bonds is 4. The van der Waals surface area contributed by atoms with Gasteiger partial charge in [0.15, 0.2) is 0 Å². The second kappa shape index (κ2) is 9.57. The van der Waals surface area contributed by atoms with Crippen LogP contribution >= 0.6 is 24.8 Å². The van der Waals surface area contributed by atoms with E-state index in [1.807, 2.05) is 30.3 Å². The number of halogens is 2. The number of nitrogens with one attached hydrogen (secondary N) is 2. The molecule has 0 fully saturated rings. The lowest BCUT2D eigenvalue weighted by Gasteiger charge is -2.20. The van der Waals surface area contributed by atoms with Crippen LogP contribution in [-0.2, 0) is 12.8 Å². The molecule has 0 spiro atoms. The summed E-state index contributed by atoms with van der Waals surface area (Å²) in [6.07, 6.45) is 5.22. The van der Waals surface area contributed by atoms with Crippen molar-refractivity contribution in [3.8, 4) is 0 Å². The van der Waals surface area contributed by atoms with E-state index in [4.69, 9.17) is 4.42 Å². The Hall–Kier alpha value is -2.08. The van der Waals surface area contributed by atoms with E-state index >= 15 is 0 Å². The van der Waals surface area contributed by atoms with Gasteiger partial charge in [-0.2, -0.15) is 0 Å². The molecule has 5 nitrogen and oxygen atoms in total. The summed E-state index contributed by atoms with van der Waals surface area (Å²) < 4.78 is 5.67. The average Bonchev–Trinajstić information content (AvgIpc) is 3.05. The van der Waals surface area contributed by atoms with Gasteiger partial charge in [-0.3, -0.25) is 0 Å². The minimum atomic E-state index is -0.0728. The summed E-state index contributed by atoms with van der Waals surface area (Å²) >= 11 is 0. The summed E-state index contributed by atoms with van der Waals surface area (Å²) in [5, 5.41) is 7.00. The normalized spacial score (nSPS) is 14.2. The molecule has 0 radical (unpaired) electrons. The molecule has 1 aromatic carbocycles. The molecule has 0 saturated heterocycles. The Morgan fingerprint density at radius 3 is 2.54 bits per heavy atom. The van der Waals surface area contributed by atoms with E-state index in [1.165, 1.54) is 5.56 Å². The molecular weight excluding hydrogens is 371 g/mol. The monoisotopic (exact) mass is 392 g/mol. The molecule has 2 aromatic heterocycles. The van der Waals surface area contributed by atoms with E-state index in [0.29, 0.717) is 0 Å². The summed E-state index contributed by atoms with van der Waals surface area (Å²) in [7, 11) is 0. The number of benzene rings is 1. The Kier molecular flexibility index (Phi) is 7.45. The molecule has 0 saturated carbocycles. The first-order valence-corrected chi connectivity index (χ1v) is 8.30. The van der Waals surface area contributed by atoms with Crippen LogP contribution in [0.1, 0.15) is 28.6 Å². The van der Waals surface area contributed by atoms with Gasteiger partial charge in [0.1, 0.15) is 23.9 Å². The molecule has 0 amide bonds. The van der Waals surface area contributed by atoms with Crippen LogP contribution in [0, 0.1) is 0 Å². The molecule has 1 unspecified atom stereocenters. The molecule has 138 valence electrons. The molecule has 1 aliphatic rings. The molecule has 0 bridgehead atoms. The van der Waals surface area contributed by atoms with Crippen LogP contribution in [0.25, 0.3) is 0 Å². The van der Waals surface area contributed by atoms with E-state index in [2.05, 4.69) is 32.7 Å². The van der Waals surface area contributed by atoms with E-state index < -0.39 is 0 Å². The van der Waals surface area contributed by atoms with Crippen LogP contribution in [0.5, 0.6) is 0 Å². The van der Waals surface area contributed by atoms with Gasteiger partial charge in [-0.25, -0.2) is 9.97 Å². The molecule has 3 heterocycles. The van der Waals surface area contributed by atoms with Crippen LogP contribution in [0.4, 0.5) is 5.82 Å². The van der Waals surface area contributed by atoms with Crippen LogP contribution in [0.15, 0.2) is 59.5 Å². The summed E-state index contributed by atoms with van der Waals surface area (Å²) in [5.41, 5.74) is 3.48. The SMILES string of the molecule is Cl.Cl.c1ccc(C(Nc2ncnc3c2CCNCC3)c2ccco2)cc1. The number of hydrogen-bond donors (Lipinski definition) is 2. The highest BCUT2D eigenvalue weighted by Crippen LogP contribution is 2.28. The fourth-order valence-electron chi connectivity index (χ4n) is 3.15. The summed E-state index contributed by atoms with van der Waals surface area (Å²) in [4.78, 5) is 8.99. The van der Waals surface area contributed by atoms with Crippen molar-refractivity contribution in [3.05, 3.63) is 77.6 Å². The maximum Gasteiger partial charge on any atom is 0.133 e. The smallest absolute Gasteiger partial charge is 0.133 e. The van der Waals surface area contributed by atoms with Crippen LogP contribution in [0.2, 0.25) is 0 Å². The predicted octanol–water partition coefficient (Wildman–Crippen LogP) is 3.80. The first-order valence-electron chi connectivity index (χ1n) is 8.30. The highest BCUT2D eigenvalue weighted by atomic mass is 35.5. The maximum absolute atomic E-state index is 5.67. The third-order valence-corrected chi connectivity index (χ3v) is 4.37. The Labute approximate surface area is 165 Å². The molecule has 2 N–H and O–H groups in total. The standard InChI is InChI=1S/C19H20N4O.2ClH/c1-2-5-14(6-3-1)18(17-7-4-12-24-17)23-19-15-8-10-20-11-9-16(15)21-13-22-19;;/h1-7,12-13,18,20H,8-11H2,(H,21,22,23);2*1H. The number of nitrogens with zero attached hydrogens (tertiary/aromatic N) is 2. The fraction of sp³-hybridized carbons (Fsp3) is 0.263. The van der Waals surface area contributed by atoms with Gasteiger partial charge in [0, 0.05) is 18.5 Å². The molecule has 1 atom stereocenters. The summed E-state index contributed by atoms with van der Waals surface area (Å²) in [6, 6.07) is 14.1. The maximum atomic E-state index is 5.67. The zero-order valence-corrected chi connectivity index (χ0v) is 15.9. The van der Waals surface area contributed by atoms with Gasteiger partial charge in [-0.05, 0) is 30.7 Å². The second-order valence-corrected chi connectivity index (χ2v) is 5.90. The molecule has 0 aliphatic carbocycles. The number of anilines is 1. The average molecular weight is 393 g/mol. The lowest BCUT2D eigenvalue weighted by atomic mass is 10.0. The van der Waals surface area contributed by atoms with Crippen molar-refractivity contribution in [3.63, 3.8) is 0 Å². The van der Waals surface area contributed by atoms with Crippen molar-refractivity contribution >= 4 is 30.6 Å². The Morgan fingerprint density at radius 2 is 1.77 bits per heavy atom. The van der Waals surface area contributed by atoms with E-state index in [9.17, 15) is 0 Å². The lowest BCUT2D eigenvalue weighted by molar-refractivity contribution is 0.498. The first-order chi connectivity index (χ1) is 11.9. The van der Waals surface area contributed by atoms with Crippen molar-refractivity contribution in [2.24, 2.45) is 0 Å². The van der Waals surface area contributed by atoms with Crippen molar-refractivity contribution in [1.82, 2.24) is 15.3 Å². The number of furan rings is 1. The molecular formula is C19H22Cl2N4O. The highest BCUT2D eigenvalue weighted by molar-refractivity contribution is 5.85. The first kappa shape index (κ1) is 20.2. The zero-order valence-electron chi connectivity index (χ0n) is 14.2. The van der Waals surface area contributed by atoms with Crippen molar-refractivity contribution in [2.75, 3.05) is 18.4 Å². The number of fused-ring (bicyclic) bond motifs is 1. The Morgan fingerprint density at radius 1 is 0.962 bits per heavy atom. The quantitative estimate of drug-likeness (QED) is 0.706. The Bertz CT molecular complexity index is 797. The van der Waals surface area contributed by atoms with E-state index in [-0.39, 0.29) is 30.9 Å². The van der Waals surface area contributed by atoms with Gasteiger partial charge in [0.05, 0.1) is 12.0 Å². The van der Waals surface area contributed by atoms with E-state index in [1.54, 1.807) is 12.6 Å². The van der Waals surface area contributed by atoms with Crippen LogP contribution in [0.3, 0.4) is 0 Å². The van der Waals surface area contributed by atoms with Gasteiger partial charge in [0.25, 0.3) is 0 Å². The highest BCUT2D eigenvalue weighted by Gasteiger charge is 2.21.